The highest BCUT2D eigenvalue weighted by Gasteiger charge is 1.98. The van der Waals surface area contributed by atoms with Crippen LogP contribution in [-0.4, -0.2) is 13.2 Å². The first kappa shape index (κ1) is 9.34. The minimum absolute atomic E-state index is 0.227. The van der Waals surface area contributed by atoms with Crippen LogP contribution in [0, 0.1) is 0 Å². The molecule has 0 aliphatic heterocycles. The molecule has 60 valence electrons. The average Bonchev–Trinajstić information content (AvgIpc) is 1.85. The van der Waals surface area contributed by atoms with Crippen LogP contribution in [0.15, 0.2) is 11.5 Å². The molecule has 0 saturated carbocycles. The normalized spacial score (nSPS) is 13.0. The van der Waals surface area contributed by atoms with E-state index in [1.54, 1.807) is 7.11 Å². The molecule has 0 saturated heterocycles. The van der Waals surface area contributed by atoms with Crippen molar-refractivity contribution in [2.24, 2.45) is 0 Å². The maximum Gasteiger partial charge on any atom is 0.130 e. The number of methoxy groups -OCH3 is 1. The molecule has 0 fully saturated rings. The summed E-state index contributed by atoms with van der Waals surface area (Å²) in [6.45, 7) is 7.77. The predicted molar refractivity (Wildman–Crippen MR) is 41.6 cm³/mol. The van der Waals surface area contributed by atoms with Gasteiger partial charge in [0.1, 0.15) is 11.5 Å². The van der Waals surface area contributed by atoms with Crippen LogP contribution < -0.4 is 0 Å². The summed E-state index contributed by atoms with van der Waals surface area (Å²) in [7, 11) is 1.64. The summed E-state index contributed by atoms with van der Waals surface area (Å²) >= 11 is 0. The first-order valence-electron chi connectivity index (χ1n) is 3.46. The first-order valence-corrected chi connectivity index (χ1v) is 3.46. The second-order valence-corrected chi connectivity index (χ2v) is 2.48. The van der Waals surface area contributed by atoms with E-state index in [4.69, 9.17) is 9.47 Å². The van der Waals surface area contributed by atoms with Gasteiger partial charge < -0.3 is 9.47 Å². The van der Waals surface area contributed by atoms with Crippen molar-refractivity contribution in [2.75, 3.05) is 7.11 Å². The van der Waals surface area contributed by atoms with E-state index >= 15 is 0 Å². The van der Waals surface area contributed by atoms with Crippen LogP contribution in [0.3, 0.4) is 0 Å². The van der Waals surface area contributed by atoms with Crippen molar-refractivity contribution in [3.8, 4) is 0 Å². The summed E-state index contributed by atoms with van der Waals surface area (Å²) in [5.41, 5.74) is 0. The molecule has 0 aliphatic rings. The molecule has 0 rings (SSSR count). The maximum atomic E-state index is 5.36. The van der Waals surface area contributed by atoms with E-state index in [2.05, 4.69) is 0 Å². The molecular weight excluding hydrogens is 128 g/mol. The van der Waals surface area contributed by atoms with Crippen LogP contribution >= 0.6 is 0 Å². The van der Waals surface area contributed by atoms with Crippen LogP contribution in [0.4, 0.5) is 0 Å². The highest BCUT2D eigenvalue weighted by Crippen LogP contribution is 2.07. The molecule has 2 heteroatoms. The Morgan fingerprint density at radius 3 is 1.90 bits per heavy atom. The number of rotatable bonds is 3. The smallest absolute Gasteiger partial charge is 0.130 e. The van der Waals surface area contributed by atoms with E-state index in [1.165, 1.54) is 0 Å². The third kappa shape index (κ3) is 3.38. The van der Waals surface area contributed by atoms with Crippen molar-refractivity contribution < 1.29 is 9.47 Å². The van der Waals surface area contributed by atoms with Crippen LogP contribution in [0.25, 0.3) is 0 Å². The average molecular weight is 144 g/mol. The fourth-order valence-corrected chi connectivity index (χ4v) is 0.580. The number of hydrogen-bond acceptors (Lipinski definition) is 2. The lowest BCUT2D eigenvalue weighted by Gasteiger charge is -2.11. The van der Waals surface area contributed by atoms with Crippen molar-refractivity contribution in [3.05, 3.63) is 11.5 Å². The largest absolute Gasteiger partial charge is 0.498 e. The number of ether oxygens (including phenoxy) is 2. The van der Waals surface area contributed by atoms with Crippen molar-refractivity contribution in [1.29, 1.82) is 0 Å². The summed E-state index contributed by atoms with van der Waals surface area (Å²) in [6.07, 6.45) is 0.227. The van der Waals surface area contributed by atoms with Gasteiger partial charge in [0.05, 0.1) is 13.2 Å². The van der Waals surface area contributed by atoms with Crippen molar-refractivity contribution >= 4 is 0 Å². The minimum atomic E-state index is 0.227. The third-order valence-electron chi connectivity index (χ3n) is 1.21. The standard InChI is InChI=1S/C8H16O2/c1-6(2)10-8(4)7(3)9-5/h6H,1-5H3. The van der Waals surface area contributed by atoms with Gasteiger partial charge in [-0.1, -0.05) is 0 Å². The second-order valence-electron chi connectivity index (χ2n) is 2.48. The van der Waals surface area contributed by atoms with Crippen molar-refractivity contribution in [3.63, 3.8) is 0 Å². The number of hydrogen-bond donors (Lipinski definition) is 0. The molecule has 0 atom stereocenters. The molecule has 0 unspecified atom stereocenters. The lowest BCUT2D eigenvalue weighted by molar-refractivity contribution is 0.128. The zero-order valence-corrected chi connectivity index (χ0v) is 7.39. The Hall–Kier alpha value is -0.660. The molecule has 2 nitrogen and oxygen atoms in total. The molecule has 0 N–H and O–H groups in total. The molecule has 0 aliphatic carbocycles. The van der Waals surface area contributed by atoms with Crippen molar-refractivity contribution in [2.45, 2.75) is 33.8 Å². The van der Waals surface area contributed by atoms with Gasteiger partial charge in [0.2, 0.25) is 0 Å². The Kier molecular flexibility index (Phi) is 3.93. The first-order chi connectivity index (χ1) is 4.57. The molecule has 0 aromatic rings. The molecule has 0 spiro atoms. The Balaban J connectivity index is 3.92. The van der Waals surface area contributed by atoms with Gasteiger partial charge in [0.15, 0.2) is 0 Å². The van der Waals surface area contributed by atoms with Gasteiger partial charge in [0, 0.05) is 0 Å². The lowest BCUT2D eigenvalue weighted by atomic mass is 10.4. The molecule has 0 bridgehead atoms. The molecule has 10 heavy (non-hydrogen) atoms. The van der Waals surface area contributed by atoms with E-state index in [9.17, 15) is 0 Å². The lowest BCUT2D eigenvalue weighted by Crippen LogP contribution is -2.02. The molecule has 0 aromatic heterocycles. The SMILES string of the molecule is COC(C)=C(C)OC(C)C. The Morgan fingerprint density at radius 1 is 1.10 bits per heavy atom. The summed E-state index contributed by atoms with van der Waals surface area (Å²) < 4.78 is 10.3. The van der Waals surface area contributed by atoms with E-state index in [1.807, 2.05) is 27.7 Å². The summed E-state index contributed by atoms with van der Waals surface area (Å²) in [6, 6.07) is 0. The molecule has 0 radical (unpaired) electrons. The van der Waals surface area contributed by atoms with Crippen molar-refractivity contribution in [1.82, 2.24) is 0 Å². The second kappa shape index (κ2) is 4.20. The number of allylic oxidation sites excluding steroid dienone is 2. The van der Waals surface area contributed by atoms with Gasteiger partial charge in [-0.15, -0.1) is 0 Å². The summed E-state index contributed by atoms with van der Waals surface area (Å²) in [5.74, 6) is 1.70. The summed E-state index contributed by atoms with van der Waals surface area (Å²) in [4.78, 5) is 0. The van der Waals surface area contributed by atoms with Gasteiger partial charge in [0.25, 0.3) is 0 Å². The van der Waals surface area contributed by atoms with E-state index in [0.717, 1.165) is 11.5 Å². The van der Waals surface area contributed by atoms with Gasteiger partial charge in [-0.05, 0) is 27.7 Å². The third-order valence-corrected chi connectivity index (χ3v) is 1.21. The monoisotopic (exact) mass is 144 g/mol. The van der Waals surface area contributed by atoms with Gasteiger partial charge in [-0.2, -0.15) is 0 Å². The van der Waals surface area contributed by atoms with Crippen LogP contribution in [0.2, 0.25) is 0 Å². The molecule has 0 heterocycles. The van der Waals surface area contributed by atoms with Gasteiger partial charge in [-0.25, -0.2) is 0 Å². The quantitative estimate of drug-likeness (QED) is 0.566. The Morgan fingerprint density at radius 2 is 1.60 bits per heavy atom. The Bertz CT molecular complexity index is 125. The van der Waals surface area contributed by atoms with E-state index < -0.39 is 0 Å². The topological polar surface area (TPSA) is 18.5 Å². The molecular formula is C8H16O2. The van der Waals surface area contributed by atoms with Gasteiger partial charge in [-0.3, -0.25) is 0 Å². The summed E-state index contributed by atoms with van der Waals surface area (Å²) in [5, 5.41) is 0. The Labute approximate surface area is 62.8 Å². The van der Waals surface area contributed by atoms with Crippen LogP contribution in [-0.2, 0) is 9.47 Å². The zero-order chi connectivity index (χ0) is 8.15. The predicted octanol–water partition coefficient (Wildman–Crippen LogP) is 2.31. The fraction of sp³-hybridized carbons (Fsp3) is 0.750. The maximum absolute atomic E-state index is 5.36. The highest BCUT2D eigenvalue weighted by molar-refractivity contribution is 4.94. The fourth-order valence-electron chi connectivity index (χ4n) is 0.580. The van der Waals surface area contributed by atoms with Gasteiger partial charge >= 0.3 is 0 Å². The minimum Gasteiger partial charge on any atom is -0.498 e. The molecule has 0 aromatic carbocycles. The van der Waals surface area contributed by atoms with E-state index in [0.29, 0.717) is 0 Å². The zero-order valence-electron chi connectivity index (χ0n) is 7.39. The highest BCUT2D eigenvalue weighted by atomic mass is 16.5. The van der Waals surface area contributed by atoms with Crippen LogP contribution in [0.5, 0.6) is 0 Å². The van der Waals surface area contributed by atoms with Crippen LogP contribution in [0.1, 0.15) is 27.7 Å². The molecule has 0 amide bonds. The van der Waals surface area contributed by atoms with E-state index in [-0.39, 0.29) is 6.10 Å².